The van der Waals surface area contributed by atoms with Crippen LogP contribution in [0.1, 0.15) is 64.5 Å². The molecule has 37 heavy (non-hydrogen) atoms. The number of nitrogens with two attached hydrogens (primary N) is 2. The first-order valence-electron chi connectivity index (χ1n) is 11.9. The van der Waals surface area contributed by atoms with Crippen LogP contribution in [-0.4, -0.2) is 41.7 Å². The van der Waals surface area contributed by atoms with Gasteiger partial charge in [-0.2, -0.15) is 4.37 Å². The molecule has 196 valence electrons. The van der Waals surface area contributed by atoms with E-state index in [1.54, 1.807) is 12.1 Å². The van der Waals surface area contributed by atoms with Gasteiger partial charge in [0.1, 0.15) is 10.9 Å². The lowest BCUT2D eigenvalue weighted by Gasteiger charge is -2.34. The fraction of sp³-hybridized carbons (Fsp3) is 0.333. The topological polar surface area (TPSA) is 135 Å². The number of nitrogens with one attached hydrogen (secondary N) is 1. The number of benzene rings is 2. The van der Waals surface area contributed by atoms with Crippen LogP contribution in [0.3, 0.4) is 0 Å². The van der Waals surface area contributed by atoms with E-state index in [0.717, 1.165) is 22.8 Å². The van der Waals surface area contributed by atoms with E-state index in [1.165, 1.54) is 4.90 Å². The largest absolute Gasteiger partial charge is 0.395 e. The lowest BCUT2D eigenvalue weighted by atomic mass is 9.97. The molecule has 3 amide bonds. The molecule has 1 heterocycles. The van der Waals surface area contributed by atoms with Gasteiger partial charge in [-0.25, -0.2) is 0 Å². The second-order valence-electron chi connectivity index (χ2n) is 9.76. The number of carbonyl (C=O) groups excluding carboxylic acids is 3. The van der Waals surface area contributed by atoms with E-state index >= 15 is 0 Å². The number of carbonyl (C=O) groups is 3. The molecule has 5 N–H and O–H groups in total. The third-order valence-electron chi connectivity index (χ3n) is 6.26. The van der Waals surface area contributed by atoms with Crippen LogP contribution >= 0.6 is 11.5 Å². The smallest absolute Gasteiger partial charge is 0.273 e. The molecule has 0 aliphatic heterocycles. The number of aryl methyl sites for hydroxylation is 1. The molecule has 9 nitrogen and oxygen atoms in total. The van der Waals surface area contributed by atoms with E-state index in [1.807, 2.05) is 83.1 Å². The van der Waals surface area contributed by atoms with Gasteiger partial charge in [0.15, 0.2) is 5.69 Å². The van der Waals surface area contributed by atoms with Gasteiger partial charge in [0, 0.05) is 31.0 Å². The van der Waals surface area contributed by atoms with Gasteiger partial charge in [0.05, 0.1) is 5.69 Å². The number of amides is 3. The molecular weight excluding hydrogens is 488 g/mol. The van der Waals surface area contributed by atoms with Gasteiger partial charge in [-0.05, 0) is 68.6 Å². The maximum atomic E-state index is 14.1. The first kappa shape index (κ1) is 27.7. The van der Waals surface area contributed by atoms with Crippen LogP contribution < -0.4 is 26.6 Å². The Balaban J connectivity index is 2.23. The number of hydrogen-bond donors (Lipinski definition) is 3. The second-order valence-corrected chi connectivity index (χ2v) is 10.5. The van der Waals surface area contributed by atoms with Crippen LogP contribution in [0.15, 0.2) is 48.5 Å². The highest BCUT2D eigenvalue weighted by molar-refractivity contribution is 7.09. The molecule has 1 aromatic heterocycles. The van der Waals surface area contributed by atoms with Crippen LogP contribution in [0.2, 0.25) is 0 Å². The van der Waals surface area contributed by atoms with Crippen molar-refractivity contribution >= 4 is 46.3 Å². The Bertz CT molecular complexity index is 1280. The minimum Gasteiger partial charge on any atom is -0.395 e. The number of aromatic nitrogens is 1. The summed E-state index contributed by atoms with van der Waals surface area (Å²) in [5.41, 5.74) is 13.8. The minimum atomic E-state index is -1.03. The standard InChI is InChI=1S/C27H34N6O3S/c1-7-27(3,4)30-25(35)22(17-10-14-18(15-11-17)32(5)6)33(19-12-8-16(2)9-13-19)26(36)23-20(28)21(24(29)34)31-37-23/h8-15,22H,7,28H2,1-6H3,(H2,29,34)(H,30,35). The summed E-state index contributed by atoms with van der Waals surface area (Å²) in [6.07, 6.45) is 0.688. The molecule has 3 rings (SSSR count). The minimum absolute atomic E-state index is 0.0341. The monoisotopic (exact) mass is 522 g/mol. The average Bonchev–Trinajstić information content (AvgIpc) is 3.24. The summed E-state index contributed by atoms with van der Waals surface area (Å²) in [6.45, 7) is 7.77. The molecule has 0 aliphatic rings. The fourth-order valence-corrected chi connectivity index (χ4v) is 4.43. The first-order chi connectivity index (χ1) is 17.4. The Kier molecular flexibility index (Phi) is 8.22. The molecule has 0 saturated carbocycles. The summed E-state index contributed by atoms with van der Waals surface area (Å²) in [4.78, 5) is 43.2. The third-order valence-corrected chi connectivity index (χ3v) is 7.11. The number of nitrogen functional groups attached to an aromatic ring is 1. The first-order valence-corrected chi connectivity index (χ1v) is 12.7. The number of hydrogen-bond acceptors (Lipinski definition) is 7. The van der Waals surface area contributed by atoms with Crippen molar-refractivity contribution in [2.75, 3.05) is 29.6 Å². The van der Waals surface area contributed by atoms with Gasteiger partial charge in [0.2, 0.25) is 5.91 Å². The van der Waals surface area contributed by atoms with Crippen molar-refractivity contribution in [1.29, 1.82) is 0 Å². The van der Waals surface area contributed by atoms with E-state index in [4.69, 9.17) is 11.5 Å². The molecule has 1 unspecified atom stereocenters. The number of primary amides is 1. The highest BCUT2D eigenvalue weighted by Gasteiger charge is 2.37. The number of rotatable bonds is 9. The Morgan fingerprint density at radius 2 is 1.59 bits per heavy atom. The van der Waals surface area contributed by atoms with E-state index < -0.39 is 23.4 Å². The van der Waals surface area contributed by atoms with Crippen LogP contribution in [-0.2, 0) is 4.79 Å². The van der Waals surface area contributed by atoms with Crippen LogP contribution in [0.4, 0.5) is 17.1 Å². The Hall–Kier alpha value is -3.92. The van der Waals surface area contributed by atoms with Gasteiger partial charge >= 0.3 is 0 Å². The summed E-state index contributed by atoms with van der Waals surface area (Å²) in [5, 5.41) is 3.09. The third kappa shape index (κ3) is 6.08. The van der Waals surface area contributed by atoms with Crippen molar-refractivity contribution < 1.29 is 14.4 Å². The normalized spacial score (nSPS) is 12.1. The fourth-order valence-electron chi connectivity index (χ4n) is 3.69. The second kappa shape index (κ2) is 11.0. The Labute approximate surface area is 221 Å². The highest BCUT2D eigenvalue weighted by atomic mass is 32.1. The molecule has 2 aromatic carbocycles. The van der Waals surface area contributed by atoms with E-state index in [0.29, 0.717) is 17.7 Å². The molecule has 10 heteroatoms. The maximum absolute atomic E-state index is 14.1. The van der Waals surface area contributed by atoms with Crippen LogP contribution in [0.5, 0.6) is 0 Å². The quantitative estimate of drug-likeness (QED) is 0.390. The highest BCUT2D eigenvalue weighted by Crippen LogP contribution is 2.34. The van der Waals surface area contributed by atoms with Gasteiger partial charge in [-0.1, -0.05) is 36.8 Å². The molecule has 0 bridgehead atoms. The lowest BCUT2D eigenvalue weighted by molar-refractivity contribution is -0.124. The molecule has 3 aromatic rings. The SMILES string of the molecule is CCC(C)(C)NC(=O)C(c1ccc(N(C)C)cc1)N(C(=O)c1snc(C(N)=O)c1N)c1ccc(C)cc1. The zero-order valence-corrected chi connectivity index (χ0v) is 22.8. The zero-order chi connectivity index (χ0) is 27.5. The molecule has 0 saturated heterocycles. The predicted molar refractivity (Wildman–Crippen MR) is 149 cm³/mol. The molecule has 0 aliphatic carbocycles. The van der Waals surface area contributed by atoms with Crippen molar-refractivity contribution in [2.24, 2.45) is 5.73 Å². The van der Waals surface area contributed by atoms with Gasteiger partial charge in [-0.3, -0.25) is 19.3 Å². The molecule has 0 fully saturated rings. The lowest BCUT2D eigenvalue weighted by Crippen LogP contribution is -2.50. The van der Waals surface area contributed by atoms with Crippen molar-refractivity contribution in [3.8, 4) is 0 Å². The summed E-state index contributed by atoms with van der Waals surface area (Å²) in [6, 6.07) is 13.7. The summed E-state index contributed by atoms with van der Waals surface area (Å²) < 4.78 is 4.00. The Morgan fingerprint density at radius 1 is 1.03 bits per heavy atom. The summed E-state index contributed by atoms with van der Waals surface area (Å²) >= 11 is 0.782. The van der Waals surface area contributed by atoms with Crippen molar-refractivity contribution in [2.45, 2.75) is 45.7 Å². The van der Waals surface area contributed by atoms with Gasteiger partial charge in [0.25, 0.3) is 11.8 Å². The van der Waals surface area contributed by atoms with Crippen LogP contribution in [0, 0.1) is 6.92 Å². The predicted octanol–water partition coefficient (Wildman–Crippen LogP) is 3.89. The molecule has 0 radical (unpaired) electrons. The van der Waals surface area contributed by atoms with Crippen LogP contribution in [0.25, 0.3) is 0 Å². The average molecular weight is 523 g/mol. The van der Waals surface area contributed by atoms with Crippen molar-refractivity contribution in [3.63, 3.8) is 0 Å². The van der Waals surface area contributed by atoms with E-state index in [-0.39, 0.29) is 22.2 Å². The van der Waals surface area contributed by atoms with E-state index in [9.17, 15) is 14.4 Å². The zero-order valence-electron chi connectivity index (χ0n) is 22.0. The van der Waals surface area contributed by atoms with E-state index in [2.05, 4.69) is 9.69 Å². The van der Waals surface area contributed by atoms with Gasteiger partial charge < -0.3 is 21.7 Å². The number of nitrogens with zero attached hydrogens (tertiary/aromatic N) is 3. The van der Waals surface area contributed by atoms with Crippen molar-refractivity contribution in [1.82, 2.24) is 9.69 Å². The Morgan fingerprint density at radius 3 is 2.08 bits per heavy atom. The molecular formula is C27H34N6O3S. The summed E-state index contributed by atoms with van der Waals surface area (Å²) in [5.74, 6) is -1.73. The summed E-state index contributed by atoms with van der Waals surface area (Å²) in [7, 11) is 3.85. The van der Waals surface area contributed by atoms with Gasteiger partial charge in [-0.15, -0.1) is 0 Å². The van der Waals surface area contributed by atoms with Crippen molar-refractivity contribution in [3.05, 3.63) is 70.2 Å². The molecule has 1 atom stereocenters. The maximum Gasteiger partial charge on any atom is 0.273 e. The molecule has 0 spiro atoms. The number of anilines is 3.